The van der Waals surface area contributed by atoms with Gasteiger partial charge in [0.1, 0.15) is 5.88 Å². The second-order valence-corrected chi connectivity index (χ2v) is 3.34. The van der Waals surface area contributed by atoms with Crippen molar-refractivity contribution in [2.75, 3.05) is 12.4 Å². The third kappa shape index (κ3) is 1.54. The van der Waals surface area contributed by atoms with Gasteiger partial charge in [-0.2, -0.15) is 5.10 Å². The smallest absolute Gasteiger partial charge is 0.237 e. The number of alkyl halides is 1. The van der Waals surface area contributed by atoms with Crippen LogP contribution in [0.25, 0.3) is 0 Å². The maximum absolute atomic E-state index is 11.3. The molecule has 0 atom stereocenters. The molecule has 1 aliphatic rings. The molecule has 0 aliphatic carbocycles. The molecule has 1 amide bonds. The van der Waals surface area contributed by atoms with Crippen molar-refractivity contribution in [3.8, 4) is 0 Å². The number of aromatic amines is 1. The fourth-order valence-corrected chi connectivity index (χ4v) is 1.68. The maximum atomic E-state index is 11.3. The van der Waals surface area contributed by atoms with Gasteiger partial charge in [-0.15, -0.1) is 11.6 Å². The van der Waals surface area contributed by atoms with E-state index in [2.05, 4.69) is 10.2 Å². The van der Waals surface area contributed by atoms with Crippen LogP contribution in [0.15, 0.2) is 6.20 Å². The molecule has 0 radical (unpaired) electrons. The molecule has 0 saturated carbocycles. The van der Waals surface area contributed by atoms with E-state index in [1.807, 2.05) is 6.20 Å². The Balaban J connectivity index is 2.13. The van der Waals surface area contributed by atoms with Crippen LogP contribution in [-0.2, 0) is 17.8 Å². The van der Waals surface area contributed by atoms with Gasteiger partial charge in [0.2, 0.25) is 5.91 Å². The van der Waals surface area contributed by atoms with Crippen molar-refractivity contribution in [3.05, 3.63) is 17.5 Å². The van der Waals surface area contributed by atoms with Gasteiger partial charge in [0.15, 0.2) is 0 Å². The second-order valence-electron chi connectivity index (χ2n) is 3.07. The van der Waals surface area contributed by atoms with Crippen LogP contribution in [0, 0.1) is 0 Å². The quantitative estimate of drug-likeness (QED) is 0.671. The predicted molar refractivity (Wildman–Crippen MR) is 48.4 cm³/mol. The van der Waals surface area contributed by atoms with Crippen LogP contribution in [0.1, 0.15) is 11.3 Å². The van der Waals surface area contributed by atoms with Gasteiger partial charge in [-0.3, -0.25) is 9.89 Å². The zero-order valence-corrected chi connectivity index (χ0v) is 7.84. The molecule has 0 bridgehead atoms. The molecular formula is C8H10ClN3O. The van der Waals surface area contributed by atoms with Crippen LogP contribution >= 0.6 is 11.6 Å². The molecule has 1 aromatic rings. The Hall–Kier alpha value is -1.03. The maximum Gasteiger partial charge on any atom is 0.237 e. The summed E-state index contributed by atoms with van der Waals surface area (Å²) < 4.78 is 0. The van der Waals surface area contributed by atoms with Crippen molar-refractivity contribution >= 4 is 17.5 Å². The Morgan fingerprint density at radius 2 is 2.62 bits per heavy atom. The van der Waals surface area contributed by atoms with E-state index in [-0.39, 0.29) is 11.8 Å². The molecule has 70 valence electrons. The van der Waals surface area contributed by atoms with Crippen molar-refractivity contribution in [1.29, 1.82) is 0 Å². The van der Waals surface area contributed by atoms with Crippen molar-refractivity contribution in [2.24, 2.45) is 0 Å². The SMILES string of the molecule is O=C(CCl)N1CCc2cn[nH]c2C1. The molecule has 0 fully saturated rings. The van der Waals surface area contributed by atoms with Gasteiger partial charge in [-0.25, -0.2) is 0 Å². The Labute approximate surface area is 80.9 Å². The van der Waals surface area contributed by atoms with Crippen LogP contribution in [0.3, 0.4) is 0 Å². The predicted octanol–water partition coefficient (Wildman–Crippen LogP) is 0.533. The minimum absolute atomic E-state index is 0.0121. The second kappa shape index (κ2) is 3.38. The van der Waals surface area contributed by atoms with Gasteiger partial charge in [0.25, 0.3) is 0 Å². The van der Waals surface area contributed by atoms with E-state index in [0.29, 0.717) is 6.54 Å². The number of hydrogen-bond acceptors (Lipinski definition) is 2. The number of rotatable bonds is 1. The summed E-state index contributed by atoms with van der Waals surface area (Å²) in [7, 11) is 0. The highest BCUT2D eigenvalue weighted by atomic mass is 35.5. The topological polar surface area (TPSA) is 49.0 Å². The van der Waals surface area contributed by atoms with Gasteiger partial charge in [0, 0.05) is 6.54 Å². The molecule has 2 rings (SSSR count). The van der Waals surface area contributed by atoms with Crippen molar-refractivity contribution < 1.29 is 4.79 Å². The highest BCUT2D eigenvalue weighted by Gasteiger charge is 2.20. The lowest BCUT2D eigenvalue weighted by atomic mass is 10.1. The largest absolute Gasteiger partial charge is 0.335 e. The lowest BCUT2D eigenvalue weighted by Gasteiger charge is -2.25. The summed E-state index contributed by atoms with van der Waals surface area (Å²) >= 11 is 5.47. The van der Waals surface area contributed by atoms with Gasteiger partial charge in [-0.05, 0) is 12.0 Å². The first-order chi connectivity index (χ1) is 6.31. The fourth-order valence-electron chi connectivity index (χ4n) is 1.51. The van der Waals surface area contributed by atoms with Crippen molar-refractivity contribution in [2.45, 2.75) is 13.0 Å². The first-order valence-electron chi connectivity index (χ1n) is 4.16. The highest BCUT2D eigenvalue weighted by molar-refractivity contribution is 6.27. The first-order valence-corrected chi connectivity index (χ1v) is 4.69. The molecule has 2 heterocycles. The lowest BCUT2D eigenvalue weighted by molar-refractivity contribution is -0.129. The molecule has 1 aromatic heterocycles. The standard InChI is InChI=1S/C8H10ClN3O/c9-3-8(13)12-2-1-6-4-10-11-7(6)5-12/h4H,1-3,5H2,(H,10,11). The zero-order chi connectivity index (χ0) is 9.26. The van der Waals surface area contributed by atoms with Crippen LogP contribution in [0.2, 0.25) is 0 Å². The number of halogens is 1. The summed E-state index contributed by atoms with van der Waals surface area (Å²) in [5.74, 6) is 0.0469. The molecule has 13 heavy (non-hydrogen) atoms. The third-order valence-corrected chi connectivity index (χ3v) is 2.50. The number of amides is 1. The van der Waals surface area contributed by atoms with E-state index >= 15 is 0 Å². The summed E-state index contributed by atoms with van der Waals surface area (Å²) in [6.45, 7) is 1.36. The Bertz CT molecular complexity index is 323. The normalized spacial score (nSPS) is 15.6. The summed E-state index contributed by atoms with van der Waals surface area (Å²) in [6.07, 6.45) is 2.69. The van der Waals surface area contributed by atoms with E-state index < -0.39 is 0 Å². The van der Waals surface area contributed by atoms with Gasteiger partial charge in [-0.1, -0.05) is 0 Å². The number of carbonyl (C=O) groups is 1. The Kier molecular flexibility index (Phi) is 2.22. The molecule has 0 unspecified atom stereocenters. The fraction of sp³-hybridized carbons (Fsp3) is 0.500. The number of aromatic nitrogens is 2. The zero-order valence-electron chi connectivity index (χ0n) is 7.09. The molecule has 0 spiro atoms. The summed E-state index contributed by atoms with van der Waals surface area (Å²) in [5, 5.41) is 6.81. The summed E-state index contributed by atoms with van der Waals surface area (Å²) in [5.41, 5.74) is 2.24. The van der Waals surface area contributed by atoms with Gasteiger partial charge >= 0.3 is 0 Å². The Morgan fingerprint density at radius 1 is 1.77 bits per heavy atom. The number of fused-ring (bicyclic) bond motifs is 1. The number of carbonyl (C=O) groups excluding carboxylic acids is 1. The van der Waals surface area contributed by atoms with Crippen LogP contribution in [0.4, 0.5) is 0 Å². The molecule has 1 aliphatic heterocycles. The molecule has 0 saturated heterocycles. The van der Waals surface area contributed by atoms with Gasteiger partial charge < -0.3 is 4.90 Å². The molecule has 5 heteroatoms. The highest BCUT2D eigenvalue weighted by Crippen LogP contribution is 2.15. The van der Waals surface area contributed by atoms with E-state index in [4.69, 9.17) is 11.6 Å². The molecule has 1 N–H and O–H groups in total. The van der Waals surface area contributed by atoms with E-state index in [1.165, 1.54) is 5.56 Å². The minimum Gasteiger partial charge on any atom is -0.335 e. The van der Waals surface area contributed by atoms with Crippen LogP contribution in [-0.4, -0.2) is 33.4 Å². The van der Waals surface area contributed by atoms with Gasteiger partial charge in [0.05, 0.1) is 18.4 Å². The lowest BCUT2D eigenvalue weighted by Crippen LogP contribution is -2.36. The molecular weight excluding hydrogens is 190 g/mol. The molecule has 4 nitrogen and oxygen atoms in total. The number of H-pyrrole nitrogens is 1. The number of nitrogens with zero attached hydrogens (tertiary/aromatic N) is 2. The van der Waals surface area contributed by atoms with Crippen LogP contribution < -0.4 is 0 Å². The van der Waals surface area contributed by atoms with E-state index in [0.717, 1.165) is 18.7 Å². The van der Waals surface area contributed by atoms with E-state index in [1.54, 1.807) is 4.90 Å². The monoisotopic (exact) mass is 199 g/mol. The van der Waals surface area contributed by atoms with Crippen molar-refractivity contribution in [3.63, 3.8) is 0 Å². The Morgan fingerprint density at radius 3 is 3.38 bits per heavy atom. The molecule has 0 aromatic carbocycles. The third-order valence-electron chi connectivity index (χ3n) is 2.27. The average Bonchev–Trinajstić information content (AvgIpc) is 2.63. The number of nitrogens with one attached hydrogen (secondary N) is 1. The summed E-state index contributed by atoms with van der Waals surface area (Å²) in [4.78, 5) is 13.0. The van der Waals surface area contributed by atoms with Crippen molar-refractivity contribution in [1.82, 2.24) is 15.1 Å². The first kappa shape index (κ1) is 8.56. The minimum atomic E-state index is -0.0121. The summed E-state index contributed by atoms with van der Waals surface area (Å²) in [6, 6.07) is 0. The number of hydrogen-bond donors (Lipinski definition) is 1. The van der Waals surface area contributed by atoms with Crippen LogP contribution in [0.5, 0.6) is 0 Å². The average molecular weight is 200 g/mol. The van der Waals surface area contributed by atoms with E-state index in [9.17, 15) is 4.79 Å².